The maximum absolute atomic E-state index is 12.9. The Morgan fingerprint density at radius 1 is 1.15 bits per heavy atom. The Morgan fingerprint density at radius 3 is 2.41 bits per heavy atom. The number of nitrogens with zero attached hydrogens (tertiary/aromatic N) is 1. The highest BCUT2D eigenvalue weighted by atomic mass is 35.5. The van der Waals surface area contributed by atoms with Crippen LogP contribution in [0.3, 0.4) is 0 Å². The minimum absolute atomic E-state index is 0.00929. The van der Waals surface area contributed by atoms with Crippen molar-refractivity contribution in [2.24, 2.45) is 5.92 Å². The van der Waals surface area contributed by atoms with Crippen molar-refractivity contribution in [3.63, 3.8) is 0 Å². The summed E-state index contributed by atoms with van der Waals surface area (Å²) < 4.78 is 18.4. The summed E-state index contributed by atoms with van der Waals surface area (Å²) in [6, 6.07) is 12.7. The molecular formula is C21H23ClFNO3. The van der Waals surface area contributed by atoms with Crippen molar-refractivity contribution >= 4 is 17.4 Å². The van der Waals surface area contributed by atoms with Crippen LogP contribution in [0.1, 0.15) is 23.2 Å². The standard InChI is InChI=1S/C21H23ClFNO3/c22-17-3-1-15(2-4-17)21(26)16-9-11-24(12-10-16)13-19(25)14-27-20-7-5-18(23)6-8-20/h1-8,16,19,25H,9-14H2/t19-/m0/s1. The number of aliphatic hydroxyl groups excluding tert-OH is 1. The highest BCUT2D eigenvalue weighted by Gasteiger charge is 2.26. The van der Waals surface area contributed by atoms with Crippen LogP contribution in [0, 0.1) is 11.7 Å². The lowest BCUT2D eigenvalue weighted by atomic mass is 9.89. The molecule has 6 heteroatoms. The van der Waals surface area contributed by atoms with Crippen LogP contribution in [0.2, 0.25) is 5.02 Å². The molecule has 1 aliphatic rings. The molecule has 3 rings (SSSR count). The summed E-state index contributed by atoms with van der Waals surface area (Å²) >= 11 is 5.87. The summed E-state index contributed by atoms with van der Waals surface area (Å²) in [5.74, 6) is 0.378. The van der Waals surface area contributed by atoms with Gasteiger partial charge >= 0.3 is 0 Å². The van der Waals surface area contributed by atoms with Gasteiger partial charge in [0.25, 0.3) is 0 Å². The quantitative estimate of drug-likeness (QED) is 0.729. The molecule has 0 amide bonds. The van der Waals surface area contributed by atoms with E-state index in [0.717, 1.165) is 25.9 Å². The molecule has 0 aliphatic carbocycles. The molecule has 0 bridgehead atoms. The maximum atomic E-state index is 12.9. The van der Waals surface area contributed by atoms with Gasteiger partial charge in [-0.3, -0.25) is 4.79 Å². The molecule has 0 saturated carbocycles. The van der Waals surface area contributed by atoms with Crippen LogP contribution in [-0.4, -0.2) is 48.1 Å². The van der Waals surface area contributed by atoms with E-state index in [0.29, 0.717) is 22.9 Å². The molecule has 1 N–H and O–H groups in total. The summed E-state index contributed by atoms with van der Waals surface area (Å²) in [7, 11) is 0. The number of halogens is 2. The molecule has 2 aromatic rings. The van der Waals surface area contributed by atoms with Gasteiger partial charge in [-0.05, 0) is 74.5 Å². The van der Waals surface area contributed by atoms with Crippen molar-refractivity contribution < 1.29 is 19.0 Å². The normalized spacial score (nSPS) is 16.9. The van der Waals surface area contributed by atoms with Gasteiger partial charge in [-0.1, -0.05) is 11.6 Å². The molecule has 1 aliphatic heterocycles. The average Bonchev–Trinajstić information content (AvgIpc) is 2.68. The number of carbonyl (C=O) groups is 1. The van der Waals surface area contributed by atoms with E-state index in [9.17, 15) is 14.3 Å². The summed E-state index contributed by atoms with van der Waals surface area (Å²) in [6.07, 6.45) is 0.901. The van der Waals surface area contributed by atoms with Gasteiger partial charge in [0.1, 0.15) is 24.3 Å². The zero-order valence-electron chi connectivity index (χ0n) is 15.0. The summed E-state index contributed by atoms with van der Waals surface area (Å²) in [5, 5.41) is 10.8. The average molecular weight is 392 g/mol. The number of hydrogen-bond acceptors (Lipinski definition) is 4. The summed E-state index contributed by atoms with van der Waals surface area (Å²) in [5.41, 5.74) is 0.700. The van der Waals surface area contributed by atoms with E-state index in [1.165, 1.54) is 24.3 Å². The number of ether oxygens (including phenoxy) is 1. The smallest absolute Gasteiger partial charge is 0.166 e. The molecule has 2 aromatic carbocycles. The lowest BCUT2D eigenvalue weighted by Gasteiger charge is -2.32. The van der Waals surface area contributed by atoms with Crippen LogP contribution in [0.15, 0.2) is 48.5 Å². The minimum Gasteiger partial charge on any atom is -0.491 e. The molecule has 0 unspecified atom stereocenters. The van der Waals surface area contributed by atoms with E-state index < -0.39 is 6.10 Å². The molecule has 4 nitrogen and oxygen atoms in total. The first-order chi connectivity index (χ1) is 13.0. The number of aliphatic hydroxyl groups is 1. The Kier molecular flexibility index (Phi) is 6.83. The Balaban J connectivity index is 1.41. The highest BCUT2D eigenvalue weighted by molar-refractivity contribution is 6.30. The van der Waals surface area contributed by atoms with Crippen LogP contribution in [0.25, 0.3) is 0 Å². The zero-order valence-corrected chi connectivity index (χ0v) is 15.7. The first-order valence-electron chi connectivity index (χ1n) is 9.10. The van der Waals surface area contributed by atoms with E-state index in [-0.39, 0.29) is 24.1 Å². The van der Waals surface area contributed by atoms with E-state index >= 15 is 0 Å². The third-order valence-corrected chi connectivity index (χ3v) is 5.06. The van der Waals surface area contributed by atoms with E-state index in [1.54, 1.807) is 24.3 Å². The predicted octanol–water partition coefficient (Wildman–Crippen LogP) is 3.81. The Bertz CT molecular complexity index is 743. The minimum atomic E-state index is -0.640. The molecule has 1 fully saturated rings. The van der Waals surface area contributed by atoms with Gasteiger partial charge in [0.2, 0.25) is 0 Å². The van der Waals surface area contributed by atoms with Crippen molar-refractivity contribution in [2.75, 3.05) is 26.2 Å². The van der Waals surface area contributed by atoms with Gasteiger partial charge in [-0.15, -0.1) is 0 Å². The molecular weight excluding hydrogens is 369 g/mol. The van der Waals surface area contributed by atoms with Crippen LogP contribution >= 0.6 is 11.6 Å². The van der Waals surface area contributed by atoms with Crippen molar-refractivity contribution in [1.29, 1.82) is 0 Å². The maximum Gasteiger partial charge on any atom is 0.166 e. The molecule has 1 atom stereocenters. The molecule has 1 heterocycles. The molecule has 0 radical (unpaired) electrons. The number of hydrogen-bond donors (Lipinski definition) is 1. The van der Waals surface area contributed by atoms with Gasteiger partial charge < -0.3 is 14.7 Å². The second-order valence-electron chi connectivity index (χ2n) is 6.86. The number of carbonyl (C=O) groups excluding carboxylic acids is 1. The van der Waals surface area contributed by atoms with Crippen molar-refractivity contribution in [1.82, 2.24) is 4.90 Å². The number of β-amino-alcohol motifs (C(OH)–C–C–N with tert-alkyl or cyclic N) is 1. The number of ketones is 1. The predicted molar refractivity (Wildman–Crippen MR) is 103 cm³/mol. The number of benzene rings is 2. The highest BCUT2D eigenvalue weighted by Crippen LogP contribution is 2.23. The summed E-state index contributed by atoms with van der Waals surface area (Å²) in [6.45, 7) is 2.16. The third kappa shape index (κ3) is 5.76. The summed E-state index contributed by atoms with van der Waals surface area (Å²) in [4.78, 5) is 14.7. The zero-order chi connectivity index (χ0) is 19.2. The first-order valence-corrected chi connectivity index (χ1v) is 9.47. The fourth-order valence-corrected chi connectivity index (χ4v) is 3.43. The largest absolute Gasteiger partial charge is 0.491 e. The number of piperidine rings is 1. The molecule has 27 heavy (non-hydrogen) atoms. The second kappa shape index (κ2) is 9.31. The Morgan fingerprint density at radius 2 is 1.78 bits per heavy atom. The van der Waals surface area contributed by atoms with Crippen LogP contribution in [0.5, 0.6) is 5.75 Å². The SMILES string of the molecule is O=C(c1ccc(Cl)cc1)C1CCN(C[C@H](O)COc2ccc(F)cc2)CC1. The van der Waals surface area contributed by atoms with Gasteiger partial charge in [0.15, 0.2) is 5.78 Å². The van der Waals surface area contributed by atoms with E-state index in [2.05, 4.69) is 4.90 Å². The van der Waals surface area contributed by atoms with Gasteiger partial charge in [-0.25, -0.2) is 4.39 Å². The van der Waals surface area contributed by atoms with E-state index in [4.69, 9.17) is 16.3 Å². The van der Waals surface area contributed by atoms with Crippen LogP contribution in [-0.2, 0) is 0 Å². The third-order valence-electron chi connectivity index (χ3n) is 4.81. The van der Waals surface area contributed by atoms with E-state index in [1.807, 2.05) is 0 Å². The molecule has 1 saturated heterocycles. The number of rotatable bonds is 7. The van der Waals surface area contributed by atoms with Gasteiger partial charge in [0, 0.05) is 23.0 Å². The fourth-order valence-electron chi connectivity index (χ4n) is 3.30. The lowest BCUT2D eigenvalue weighted by Crippen LogP contribution is -2.42. The lowest BCUT2D eigenvalue weighted by molar-refractivity contribution is 0.0524. The fraction of sp³-hybridized carbons (Fsp3) is 0.381. The second-order valence-corrected chi connectivity index (χ2v) is 7.30. The number of likely N-dealkylation sites (tertiary alicyclic amines) is 1. The molecule has 0 aromatic heterocycles. The van der Waals surface area contributed by atoms with Crippen LogP contribution in [0.4, 0.5) is 4.39 Å². The van der Waals surface area contributed by atoms with Crippen molar-refractivity contribution in [3.8, 4) is 5.75 Å². The Labute approximate surface area is 163 Å². The van der Waals surface area contributed by atoms with Gasteiger partial charge in [0.05, 0.1) is 0 Å². The van der Waals surface area contributed by atoms with Crippen molar-refractivity contribution in [3.05, 3.63) is 64.9 Å². The topological polar surface area (TPSA) is 49.8 Å². The molecule has 144 valence electrons. The number of Topliss-reactive ketones (excluding diaryl/α,β-unsaturated/α-hetero) is 1. The van der Waals surface area contributed by atoms with Crippen molar-refractivity contribution in [2.45, 2.75) is 18.9 Å². The first kappa shape index (κ1) is 19.8. The Hall–Kier alpha value is -1.95. The van der Waals surface area contributed by atoms with Crippen LogP contribution < -0.4 is 4.74 Å². The monoisotopic (exact) mass is 391 g/mol. The van der Waals surface area contributed by atoms with Gasteiger partial charge in [-0.2, -0.15) is 0 Å². The molecule has 0 spiro atoms.